The Balaban J connectivity index is 1.64. The third-order valence-corrected chi connectivity index (χ3v) is 9.09. The number of rotatable bonds is 6. The molecule has 4 heterocycles. The summed E-state index contributed by atoms with van der Waals surface area (Å²) >= 11 is 12.7. The van der Waals surface area contributed by atoms with Crippen molar-refractivity contribution in [3.63, 3.8) is 0 Å². The number of benzene rings is 2. The van der Waals surface area contributed by atoms with E-state index in [1.807, 2.05) is 0 Å². The second-order valence-corrected chi connectivity index (χ2v) is 12.3. The van der Waals surface area contributed by atoms with Crippen LogP contribution in [0, 0.1) is 5.82 Å². The van der Waals surface area contributed by atoms with Crippen LogP contribution in [0.4, 0.5) is 30.7 Å². The van der Waals surface area contributed by atoms with Crippen LogP contribution in [-0.2, 0) is 36.6 Å². The van der Waals surface area contributed by atoms with E-state index >= 15 is 4.39 Å². The summed E-state index contributed by atoms with van der Waals surface area (Å²) in [6.07, 6.45) is -12.8. The lowest BCUT2D eigenvalue weighted by molar-refractivity contribution is -0.252. The number of alkyl halides is 6. The van der Waals surface area contributed by atoms with E-state index < -0.39 is 77.0 Å². The number of esters is 2. The third-order valence-electron chi connectivity index (χ3n) is 8.53. The third kappa shape index (κ3) is 6.49. The normalized spacial score (nSPS) is 21.6. The molecule has 20 heteroatoms. The fourth-order valence-corrected chi connectivity index (χ4v) is 6.82. The molecule has 1 amide bonds. The van der Waals surface area contributed by atoms with Crippen LogP contribution in [0.5, 0.6) is 0 Å². The summed E-state index contributed by atoms with van der Waals surface area (Å²) in [4.78, 5) is 48.3. The van der Waals surface area contributed by atoms with Gasteiger partial charge in [-0.1, -0.05) is 53.5 Å². The number of nitrogens with one attached hydrogen (secondary N) is 1. The van der Waals surface area contributed by atoms with E-state index in [9.17, 15) is 40.7 Å². The fraction of sp³-hybridized carbons (Fsp3) is 0.355. The molecule has 2 aliphatic rings. The Labute approximate surface area is 292 Å². The lowest BCUT2D eigenvalue weighted by Gasteiger charge is -2.40. The molecule has 3 atom stereocenters. The van der Waals surface area contributed by atoms with Crippen LogP contribution in [0.15, 0.2) is 48.7 Å². The zero-order valence-electron chi connectivity index (χ0n) is 25.9. The van der Waals surface area contributed by atoms with E-state index in [4.69, 9.17) is 37.4 Å². The van der Waals surface area contributed by atoms with Gasteiger partial charge in [-0.15, -0.1) is 0 Å². The minimum absolute atomic E-state index is 0.0255. The molecule has 1 unspecified atom stereocenters. The number of hydrogen-bond donors (Lipinski definition) is 1. The lowest BCUT2D eigenvalue weighted by Crippen LogP contribution is -2.59. The highest BCUT2D eigenvalue weighted by Gasteiger charge is 2.68. The first-order chi connectivity index (χ1) is 23.9. The van der Waals surface area contributed by atoms with Crippen LogP contribution >= 0.6 is 23.2 Å². The van der Waals surface area contributed by atoms with Crippen molar-refractivity contribution < 1.29 is 59.3 Å². The predicted octanol–water partition coefficient (Wildman–Crippen LogP) is 5.60. The Morgan fingerprint density at radius 3 is 2.25 bits per heavy atom. The lowest BCUT2D eigenvalue weighted by atomic mass is 10.0. The van der Waals surface area contributed by atoms with Crippen molar-refractivity contribution in [3.8, 4) is 11.3 Å². The van der Waals surface area contributed by atoms with E-state index in [-0.39, 0.29) is 53.5 Å². The molecule has 0 radical (unpaired) electrons. The second-order valence-electron chi connectivity index (χ2n) is 11.6. The molecule has 0 aliphatic carbocycles. The number of likely N-dealkylation sites (tertiary alicyclic amines) is 1. The standard InChI is InChI=1S/C31H24Cl2F7N5O6/c1-43-13-17(32)20-18(43)8-7-16(21(20)34)25(46)45-14-19(44-9-11-49-12-10-44)23(50-27(47)30(35,36)37)29(45,51-28(48)31(38,39)40)26-41-22(24(33)42-26)15-5-3-2-4-6-15/h2-8,13,19,23H,9-12,14H2,1H3,(H,41,42)/t19-,23?,29+/m0/s1. The highest BCUT2D eigenvalue weighted by atomic mass is 35.5. The molecule has 6 rings (SSSR count). The van der Waals surface area contributed by atoms with Crippen molar-refractivity contribution in [1.29, 1.82) is 0 Å². The number of carbonyl (C=O) groups is 3. The van der Waals surface area contributed by atoms with Gasteiger partial charge in [0.1, 0.15) is 16.7 Å². The van der Waals surface area contributed by atoms with Crippen molar-refractivity contribution in [1.82, 2.24) is 24.3 Å². The first kappa shape index (κ1) is 36.4. The first-order valence-corrected chi connectivity index (χ1v) is 15.7. The number of carbonyl (C=O) groups excluding carboxylic acids is 3. The summed E-state index contributed by atoms with van der Waals surface area (Å²) in [5.74, 6) is -9.57. The zero-order valence-corrected chi connectivity index (χ0v) is 27.5. The Morgan fingerprint density at radius 1 is 0.980 bits per heavy atom. The molecule has 0 spiro atoms. The first-order valence-electron chi connectivity index (χ1n) is 14.9. The molecule has 272 valence electrons. The van der Waals surface area contributed by atoms with E-state index in [1.54, 1.807) is 18.2 Å². The molecule has 0 bridgehead atoms. The van der Waals surface area contributed by atoms with Gasteiger partial charge < -0.3 is 23.8 Å². The van der Waals surface area contributed by atoms with E-state index in [2.05, 4.69) is 9.97 Å². The molecule has 4 aromatic rings. The van der Waals surface area contributed by atoms with Crippen LogP contribution in [0.25, 0.3) is 22.2 Å². The van der Waals surface area contributed by atoms with Crippen LogP contribution in [0.1, 0.15) is 16.2 Å². The number of hydrogen-bond acceptors (Lipinski definition) is 8. The van der Waals surface area contributed by atoms with Crippen LogP contribution in [0.2, 0.25) is 10.2 Å². The smallest absolute Gasteiger partial charge is 0.447 e. The van der Waals surface area contributed by atoms with Crippen LogP contribution in [-0.4, -0.2) is 99.5 Å². The number of H-pyrrole nitrogens is 1. The molecule has 1 N–H and O–H groups in total. The average molecular weight is 766 g/mol. The van der Waals surface area contributed by atoms with Crippen molar-refractivity contribution in [2.24, 2.45) is 7.05 Å². The van der Waals surface area contributed by atoms with E-state index in [0.29, 0.717) is 4.90 Å². The number of morpholine rings is 1. The highest BCUT2D eigenvalue weighted by molar-refractivity contribution is 6.35. The summed E-state index contributed by atoms with van der Waals surface area (Å²) in [5.41, 5.74) is -4.04. The van der Waals surface area contributed by atoms with E-state index in [1.165, 1.54) is 40.9 Å². The maximum Gasteiger partial charge on any atom is 0.491 e. The number of nitrogens with zero attached hydrogens (tertiary/aromatic N) is 4. The van der Waals surface area contributed by atoms with Crippen molar-refractivity contribution in [3.05, 3.63) is 76.0 Å². The van der Waals surface area contributed by atoms with Crippen LogP contribution in [0.3, 0.4) is 0 Å². The number of ether oxygens (including phenoxy) is 3. The van der Waals surface area contributed by atoms with Crippen molar-refractivity contribution >= 4 is 52.0 Å². The zero-order chi connectivity index (χ0) is 37.0. The number of fused-ring (bicyclic) bond motifs is 1. The van der Waals surface area contributed by atoms with Gasteiger partial charge in [-0.25, -0.2) is 19.0 Å². The summed E-state index contributed by atoms with van der Waals surface area (Å²) < 4.78 is 117. The SMILES string of the molecule is Cn1cc(Cl)c2c(F)c(C(=O)N3C[C@H](N4CCOCC4)C(OC(=O)C(F)(F)F)[C@@]3(OC(=O)C(F)(F)F)c3nc(-c4ccccc4)c(Cl)[nH]3)ccc21. The number of aromatic nitrogens is 3. The molecular weight excluding hydrogens is 742 g/mol. The van der Waals surface area contributed by atoms with Crippen molar-refractivity contribution in [2.45, 2.75) is 30.2 Å². The minimum Gasteiger partial charge on any atom is -0.447 e. The summed E-state index contributed by atoms with van der Waals surface area (Å²) in [6.45, 7) is -1.09. The van der Waals surface area contributed by atoms with Gasteiger partial charge in [-0.05, 0) is 12.1 Å². The Bertz CT molecular complexity index is 2000. The second kappa shape index (κ2) is 13.3. The fourth-order valence-electron chi connectivity index (χ4n) is 6.26. The molecule has 0 saturated carbocycles. The summed E-state index contributed by atoms with van der Waals surface area (Å²) in [6, 6.07) is 8.28. The van der Waals surface area contributed by atoms with Gasteiger partial charge in [0.25, 0.3) is 11.6 Å². The summed E-state index contributed by atoms with van der Waals surface area (Å²) in [7, 11) is 1.52. The van der Waals surface area contributed by atoms with Gasteiger partial charge in [0.2, 0.25) is 0 Å². The van der Waals surface area contributed by atoms with Crippen molar-refractivity contribution in [2.75, 3.05) is 32.8 Å². The number of aryl methyl sites for hydroxylation is 1. The molecule has 11 nitrogen and oxygen atoms in total. The molecule has 2 fully saturated rings. The molecule has 2 aromatic carbocycles. The number of imidazole rings is 1. The molecule has 2 saturated heterocycles. The molecular formula is C31H24Cl2F7N5O6. The quantitative estimate of drug-likeness (QED) is 0.199. The Kier molecular flexibility index (Phi) is 9.49. The predicted molar refractivity (Wildman–Crippen MR) is 164 cm³/mol. The van der Waals surface area contributed by atoms with Crippen LogP contribution < -0.4 is 0 Å². The molecule has 2 aromatic heterocycles. The summed E-state index contributed by atoms with van der Waals surface area (Å²) in [5, 5.41) is -0.825. The van der Waals surface area contributed by atoms with Gasteiger partial charge >= 0.3 is 24.3 Å². The van der Waals surface area contributed by atoms with Gasteiger partial charge in [0, 0.05) is 38.4 Å². The largest absolute Gasteiger partial charge is 0.491 e. The monoisotopic (exact) mass is 765 g/mol. The highest BCUT2D eigenvalue weighted by Crippen LogP contribution is 2.47. The number of aromatic amines is 1. The van der Waals surface area contributed by atoms with Gasteiger partial charge in [-0.3, -0.25) is 14.6 Å². The molecule has 51 heavy (non-hydrogen) atoms. The average Bonchev–Trinajstić information content (AvgIpc) is 3.72. The molecule has 2 aliphatic heterocycles. The van der Waals surface area contributed by atoms with Gasteiger partial charge in [0.05, 0.1) is 40.7 Å². The number of halogens is 9. The maximum atomic E-state index is 16.2. The Hall–Kier alpha value is -4.39. The number of amides is 1. The van der Waals surface area contributed by atoms with Gasteiger partial charge in [0.15, 0.2) is 11.9 Å². The topological polar surface area (TPSA) is 119 Å². The maximum absolute atomic E-state index is 16.2. The minimum atomic E-state index is -5.82. The van der Waals surface area contributed by atoms with Gasteiger partial charge in [-0.2, -0.15) is 26.3 Å². The Morgan fingerprint density at radius 2 is 1.63 bits per heavy atom. The van der Waals surface area contributed by atoms with E-state index in [0.717, 1.165) is 6.07 Å².